The fraction of sp³-hybridized carbons (Fsp3) is 0.462. The number of hydrogen-bond acceptors (Lipinski definition) is 3. The van der Waals surface area contributed by atoms with E-state index in [2.05, 4.69) is 0 Å². The number of anilines is 1. The molecule has 3 nitrogen and oxygen atoms in total. The molecular weight excluding hydrogens is 257 g/mol. The molecule has 0 bridgehead atoms. The molecule has 0 aromatic heterocycles. The van der Waals surface area contributed by atoms with E-state index in [1.54, 1.807) is 17.9 Å². The standard InChI is InChI=1S/C13H13F3N2O/c1-12(19)4-5-18(8-12)10-3-2-9(7-17)11(6-10)13(14,15)16/h2-3,6,19H,4-5,8H2,1H3. The lowest BCUT2D eigenvalue weighted by Crippen LogP contribution is -2.29. The van der Waals surface area contributed by atoms with Crippen molar-refractivity contribution >= 4 is 5.69 Å². The predicted octanol–water partition coefficient (Wildman–Crippen LogP) is 2.54. The third-order valence-corrected chi connectivity index (χ3v) is 3.25. The zero-order valence-electron chi connectivity index (χ0n) is 10.3. The van der Waals surface area contributed by atoms with E-state index in [9.17, 15) is 18.3 Å². The van der Waals surface area contributed by atoms with E-state index in [4.69, 9.17) is 5.26 Å². The van der Waals surface area contributed by atoms with Gasteiger partial charge in [-0.05, 0) is 31.5 Å². The molecule has 0 amide bonds. The van der Waals surface area contributed by atoms with Crippen LogP contribution in [0.15, 0.2) is 18.2 Å². The number of nitriles is 1. The quantitative estimate of drug-likeness (QED) is 0.853. The van der Waals surface area contributed by atoms with Crippen LogP contribution in [0.25, 0.3) is 0 Å². The molecule has 6 heteroatoms. The summed E-state index contributed by atoms with van der Waals surface area (Å²) in [6, 6.07) is 5.17. The van der Waals surface area contributed by atoms with Crippen LogP contribution in [0.5, 0.6) is 0 Å². The smallest absolute Gasteiger partial charge is 0.388 e. The molecule has 102 valence electrons. The van der Waals surface area contributed by atoms with Crippen molar-refractivity contribution in [1.29, 1.82) is 5.26 Å². The number of nitrogens with zero attached hydrogens (tertiary/aromatic N) is 2. The van der Waals surface area contributed by atoms with Gasteiger partial charge in [0.25, 0.3) is 0 Å². The first kappa shape index (κ1) is 13.7. The molecule has 0 radical (unpaired) electrons. The third-order valence-electron chi connectivity index (χ3n) is 3.25. The molecule has 1 aliphatic heterocycles. The Balaban J connectivity index is 2.37. The summed E-state index contributed by atoms with van der Waals surface area (Å²) >= 11 is 0. The number of alkyl halides is 3. The summed E-state index contributed by atoms with van der Waals surface area (Å²) in [7, 11) is 0. The van der Waals surface area contributed by atoms with E-state index in [1.165, 1.54) is 12.1 Å². The van der Waals surface area contributed by atoms with Crippen molar-refractivity contribution in [2.24, 2.45) is 0 Å². The molecule has 1 unspecified atom stereocenters. The van der Waals surface area contributed by atoms with Gasteiger partial charge >= 0.3 is 6.18 Å². The number of aliphatic hydroxyl groups is 1. The van der Waals surface area contributed by atoms with Crippen molar-refractivity contribution < 1.29 is 18.3 Å². The van der Waals surface area contributed by atoms with Crippen LogP contribution in [0.4, 0.5) is 18.9 Å². The van der Waals surface area contributed by atoms with E-state index >= 15 is 0 Å². The maximum absolute atomic E-state index is 12.8. The van der Waals surface area contributed by atoms with E-state index in [0.29, 0.717) is 18.7 Å². The first-order valence-corrected chi connectivity index (χ1v) is 5.82. The second-order valence-electron chi connectivity index (χ2n) is 5.01. The van der Waals surface area contributed by atoms with Gasteiger partial charge in [-0.25, -0.2) is 0 Å². The monoisotopic (exact) mass is 270 g/mol. The average molecular weight is 270 g/mol. The SMILES string of the molecule is CC1(O)CCN(c2ccc(C#N)c(C(F)(F)F)c2)C1. The van der Waals surface area contributed by atoms with Crippen LogP contribution in [0.3, 0.4) is 0 Å². The lowest BCUT2D eigenvalue weighted by Gasteiger charge is -2.22. The van der Waals surface area contributed by atoms with Crippen molar-refractivity contribution in [3.8, 4) is 6.07 Å². The van der Waals surface area contributed by atoms with Gasteiger partial charge in [-0.3, -0.25) is 0 Å². The minimum Gasteiger partial charge on any atom is -0.388 e. The molecule has 1 aliphatic rings. The summed E-state index contributed by atoms with van der Waals surface area (Å²) in [4.78, 5) is 1.69. The van der Waals surface area contributed by atoms with Crippen LogP contribution >= 0.6 is 0 Å². The zero-order valence-corrected chi connectivity index (χ0v) is 10.3. The molecule has 1 aromatic rings. The molecule has 1 atom stereocenters. The Hall–Kier alpha value is -1.74. The van der Waals surface area contributed by atoms with Crippen LogP contribution in [0, 0.1) is 11.3 Å². The molecule has 0 spiro atoms. The maximum atomic E-state index is 12.8. The summed E-state index contributed by atoms with van der Waals surface area (Å²) in [5.74, 6) is 0. The lowest BCUT2D eigenvalue weighted by molar-refractivity contribution is -0.137. The Morgan fingerprint density at radius 2 is 2.11 bits per heavy atom. The predicted molar refractivity (Wildman–Crippen MR) is 63.6 cm³/mol. The first-order valence-electron chi connectivity index (χ1n) is 5.82. The fourth-order valence-electron chi connectivity index (χ4n) is 2.23. The van der Waals surface area contributed by atoms with Crippen LogP contribution < -0.4 is 4.90 Å². The summed E-state index contributed by atoms with van der Waals surface area (Å²) < 4.78 is 38.5. The molecular formula is C13H13F3N2O. The maximum Gasteiger partial charge on any atom is 0.417 e. The number of benzene rings is 1. The Labute approximate surface area is 108 Å². The van der Waals surface area contributed by atoms with E-state index in [1.807, 2.05) is 0 Å². The third kappa shape index (κ3) is 2.82. The van der Waals surface area contributed by atoms with Gasteiger partial charge in [0.15, 0.2) is 0 Å². The molecule has 0 aliphatic carbocycles. The molecule has 1 fully saturated rings. The van der Waals surface area contributed by atoms with Crippen LogP contribution in [-0.2, 0) is 6.18 Å². The van der Waals surface area contributed by atoms with E-state index < -0.39 is 17.3 Å². The van der Waals surface area contributed by atoms with Gasteiger partial charge in [0.05, 0.1) is 22.8 Å². The molecule has 1 aromatic carbocycles. The number of rotatable bonds is 1. The number of hydrogen-bond donors (Lipinski definition) is 1. The lowest BCUT2D eigenvalue weighted by atomic mass is 10.1. The van der Waals surface area contributed by atoms with E-state index in [0.717, 1.165) is 6.07 Å². The summed E-state index contributed by atoms with van der Waals surface area (Å²) in [6.07, 6.45) is -4.04. The second-order valence-corrected chi connectivity index (χ2v) is 5.01. The average Bonchev–Trinajstić information content (AvgIpc) is 2.68. The normalized spacial score (nSPS) is 23.5. The van der Waals surface area contributed by atoms with Crippen LogP contribution in [0.1, 0.15) is 24.5 Å². The van der Waals surface area contributed by atoms with Crippen molar-refractivity contribution in [1.82, 2.24) is 0 Å². The Morgan fingerprint density at radius 3 is 2.58 bits per heavy atom. The molecule has 1 N–H and O–H groups in total. The highest BCUT2D eigenvalue weighted by atomic mass is 19.4. The van der Waals surface area contributed by atoms with Gasteiger partial charge in [0, 0.05) is 18.8 Å². The van der Waals surface area contributed by atoms with Crippen molar-refractivity contribution in [2.75, 3.05) is 18.0 Å². The van der Waals surface area contributed by atoms with Crippen molar-refractivity contribution in [3.05, 3.63) is 29.3 Å². The second kappa shape index (κ2) is 4.42. The Morgan fingerprint density at radius 1 is 1.42 bits per heavy atom. The highest BCUT2D eigenvalue weighted by Gasteiger charge is 2.36. The van der Waals surface area contributed by atoms with E-state index in [-0.39, 0.29) is 12.1 Å². The van der Waals surface area contributed by atoms with Crippen molar-refractivity contribution in [3.63, 3.8) is 0 Å². The van der Waals surface area contributed by atoms with Crippen LogP contribution in [-0.4, -0.2) is 23.8 Å². The Kier molecular flexibility index (Phi) is 3.19. The van der Waals surface area contributed by atoms with Gasteiger partial charge in [0.2, 0.25) is 0 Å². The number of halogens is 3. The minimum atomic E-state index is -4.55. The highest BCUT2D eigenvalue weighted by Crippen LogP contribution is 2.35. The molecule has 0 saturated carbocycles. The Bertz CT molecular complexity index is 532. The molecule has 19 heavy (non-hydrogen) atoms. The zero-order chi connectivity index (χ0) is 14.3. The van der Waals surface area contributed by atoms with Gasteiger partial charge < -0.3 is 10.0 Å². The number of β-amino-alcohol motifs (C(OH)–C–C–N with tert-alkyl or cyclic N) is 1. The topological polar surface area (TPSA) is 47.3 Å². The van der Waals surface area contributed by atoms with Crippen molar-refractivity contribution in [2.45, 2.75) is 25.1 Å². The van der Waals surface area contributed by atoms with Gasteiger partial charge in [-0.15, -0.1) is 0 Å². The van der Waals surface area contributed by atoms with Gasteiger partial charge in [-0.1, -0.05) is 0 Å². The largest absolute Gasteiger partial charge is 0.417 e. The van der Waals surface area contributed by atoms with Crippen LogP contribution in [0.2, 0.25) is 0 Å². The first-order chi connectivity index (χ1) is 8.73. The molecule has 1 heterocycles. The highest BCUT2D eigenvalue weighted by molar-refractivity contribution is 5.55. The summed E-state index contributed by atoms with van der Waals surface area (Å²) in [6.45, 7) is 2.44. The molecule has 2 rings (SSSR count). The minimum absolute atomic E-state index is 0.288. The summed E-state index contributed by atoms with van der Waals surface area (Å²) in [5, 5.41) is 18.6. The summed E-state index contributed by atoms with van der Waals surface area (Å²) in [5.41, 5.74) is -1.82. The molecule has 1 saturated heterocycles. The fourth-order valence-corrected chi connectivity index (χ4v) is 2.23. The van der Waals surface area contributed by atoms with Gasteiger partial charge in [0.1, 0.15) is 0 Å². The van der Waals surface area contributed by atoms with Gasteiger partial charge in [-0.2, -0.15) is 18.4 Å².